The molecule has 0 spiro atoms. The Bertz CT molecular complexity index is 357. The van der Waals surface area contributed by atoms with Gasteiger partial charge in [-0.25, -0.2) is 0 Å². The van der Waals surface area contributed by atoms with Crippen molar-refractivity contribution in [1.29, 1.82) is 0 Å². The molecular weight excluding hydrogens is 192 g/mol. The molecule has 0 aliphatic rings. The highest BCUT2D eigenvalue weighted by molar-refractivity contribution is 5.31. The molecule has 0 saturated carbocycles. The lowest BCUT2D eigenvalue weighted by Gasteiger charge is -2.05. The molecule has 2 atom stereocenters. The number of aliphatic hydroxyl groups is 2. The van der Waals surface area contributed by atoms with E-state index in [0.717, 1.165) is 5.75 Å². The molecule has 15 heavy (non-hydrogen) atoms. The summed E-state index contributed by atoms with van der Waals surface area (Å²) in [6.45, 7) is 1.55. The van der Waals surface area contributed by atoms with Gasteiger partial charge < -0.3 is 14.9 Å². The first-order chi connectivity index (χ1) is 7.13. The minimum absolute atomic E-state index is 0.684. The van der Waals surface area contributed by atoms with E-state index in [1.54, 1.807) is 38.3 Å². The van der Waals surface area contributed by atoms with Gasteiger partial charge in [-0.1, -0.05) is 24.0 Å². The largest absolute Gasteiger partial charge is 0.497 e. The third-order valence-electron chi connectivity index (χ3n) is 1.86. The van der Waals surface area contributed by atoms with Crippen LogP contribution in [0.5, 0.6) is 5.75 Å². The van der Waals surface area contributed by atoms with E-state index in [1.807, 2.05) is 0 Å². The highest BCUT2D eigenvalue weighted by Gasteiger charge is 2.03. The topological polar surface area (TPSA) is 49.7 Å². The van der Waals surface area contributed by atoms with Gasteiger partial charge in [-0.15, -0.1) is 0 Å². The van der Waals surface area contributed by atoms with E-state index < -0.39 is 12.2 Å². The first-order valence-corrected chi connectivity index (χ1v) is 4.64. The maximum Gasteiger partial charge on any atom is 0.140 e. The molecule has 0 aliphatic carbocycles. The number of methoxy groups -OCH3 is 1. The zero-order chi connectivity index (χ0) is 11.3. The van der Waals surface area contributed by atoms with E-state index in [2.05, 4.69) is 11.8 Å². The van der Waals surface area contributed by atoms with Crippen LogP contribution in [-0.2, 0) is 0 Å². The van der Waals surface area contributed by atoms with Crippen LogP contribution in [0.1, 0.15) is 18.6 Å². The van der Waals surface area contributed by atoms with Crippen LogP contribution >= 0.6 is 0 Å². The Hall–Kier alpha value is -1.50. The van der Waals surface area contributed by atoms with Gasteiger partial charge in [0.1, 0.15) is 18.0 Å². The third kappa shape index (κ3) is 3.62. The normalized spacial score (nSPS) is 13.6. The molecule has 80 valence electrons. The summed E-state index contributed by atoms with van der Waals surface area (Å²) in [5, 5.41) is 18.5. The minimum atomic E-state index is -0.870. The smallest absolute Gasteiger partial charge is 0.140 e. The van der Waals surface area contributed by atoms with Crippen molar-refractivity contribution < 1.29 is 14.9 Å². The van der Waals surface area contributed by atoms with Crippen molar-refractivity contribution in [1.82, 2.24) is 0 Å². The van der Waals surface area contributed by atoms with E-state index in [1.165, 1.54) is 0 Å². The molecule has 0 fully saturated rings. The average Bonchev–Trinajstić information content (AvgIpc) is 2.26. The summed E-state index contributed by atoms with van der Waals surface area (Å²) < 4.78 is 4.99. The Morgan fingerprint density at radius 1 is 1.13 bits per heavy atom. The summed E-state index contributed by atoms with van der Waals surface area (Å²) in [6, 6.07) is 6.98. The fraction of sp³-hybridized carbons (Fsp3) is 0.333. The van der Waals surface area contributed by atoms with E-state index in [9.17, 15) is 5.11 Å². The van der Waals surface area contributed by atoms with Gasteiger partial charge in [-0.3, -0.25) is 0 Å². The highest BCUT2D eigenvalue weighted by Crippen LogP contribution is 2.16. The Labute approximate surface area is 89.3 Å². The highest BCUT2D eigenvalue weighted by atomic mass is 16.5. The lowest BCUT2D eigenvalue weighted by Crippen LogP contribution is -1.98. The van der Waals surface area contributed by atoms with Crippen LogP contribution in [0.25, 0.3) is 0 Å². The quantitative estimate of drug-likeness (QED) is 0.713. The summed E-state index contributed by atoms with van der Waals surface area (Å²) in [4.78, 5) is 0. The molecule has 0 radical (unpaired) electrons. The number of rotatable bonds is 2. The van der Waals surface area contributed by atoms with Crippen LogP contribution in [0.4, 0.5) is 0 Å². The maximum absolute atomic E-state index is 9.61. The standard InChI is InChI=1S/C12H14O3/c1-9(13)3-8-12(14)10-4-6-11(15-2)7-5-10/h4-7,9,12-14H,1-2H3. The fourth-order valence-corrected chi connectivity index (χ4v) is 1.07. The van der Waals surface area contributed by atoms with Crippen LogP contribution in [-0.4, -0.2) is 23.4 Å². The number of hydrogen-bond acceptors (Lipinski definition) is 3. The second-order valence-electron chi connectivity index (χ2n) is 3.14. The predicted molar refractivity (Wildman–Crippen MR) is 57.4 cm³/mol. The molecule has 0 bridgehead atoms. The predicted octanol–water partition coefficient (Wildman–Crippen LogP) is 1.11. The Morgan fingerprint density at radius 3 is 2.20 bits per heavy atom. The summed E-state index contributed by atoms with van der Waals surface area (Å²) in [7, 11) is 1.58. The SMILES string of the molecule is COc1ccc(C(O)C#CC(C)O)cc1. The van der Waals surface area contributed by atoms with Gasteiger partial charge in [0.05, 0.1) is 7.11 Å². The van der Waals surface area contributed by atoms with E-state index in [4.69, 9.17) is 9.84 Å². The molecule has 0 saturated heterocycles. The van der Waals surface area contributed by atoms with Crippen LogP contribution < -0.4 is 4.74 Å². The average molecular weight is 206 g/mol. The van der Waals surface area contributed by atoms with Crippen LogP contribution in [0, 0.1) is 11.8 Å². The van der Waals surface area contributed by atoms with Gasteiger partial charge in [-0.05, 0) is 24.6 Å². The molecule has 0 heterocycles. The van der Waals surface area contributed by atoms with Crippen molar-refractivity contribution in [2.24, 2.45) is 0 Å². The minimum Gasteiger partial charge on any atom is -0.497 e. The molecule has 3 heteroatoms. The number of ether oxygens (including phenoxy) is 1. The maximum atomic E-state index is 9.61. The van der Waals surface area contributed by atoms with Crippen LogP contribution in [0.15, 0.2) is 24.3 Å². The lowest BCUT2D eigenvalue weighted by atomic mass is 10.1. The van der Waals surface area contributed by atoms with Gasteiger partial charge >= 0.3 is 0 Å². The summed E-state index contributed by atoms with van der Waals surface area (Å²) in [5.74, 6) is 5.78. The van der Waals surface area contributed by atoms with Crippen molar-refractivity contribution in [3.63, 3.8) is 0 Å². The molecule has 1 rings (SSSR count). The zero-order valence-corrected chi connectivity index (χ0v) is 8.77. The number of aliphatic hydroxyl groups excluding tert-OH is 2. The van der Waals surface area contributed by atoms with E-state index in [0.29, 0.717) is 5.56 Å². The molecule has 3 nitrogen and oxygen atoms in total. The second-order valence-corrected chi connectivity index (χ2v) is 3.14. The summed E-state index contributed by atoms with van der Waals surface area (Å²) >= 11 is 0. The van der Waals surface area contributed by atoms with Gasteiger partial charge in [0.2, 0.25) is 0 Å². The monoisotopic (exact) mass is 206 g/mol. The van der Waals surface area contributed by atoms with E-state index in [-0.39, 0.29) is 0 Å². The first kappa shape index (κ1) is 11.6. The fourth-order valence-electron chi connectivity index (χ4n) is 1.07. The molecule has 1 aromatic rings. The van der Waals surface area contributed by atoms with Crippen molar-refractivity contribution in [3.05, 3.63) is 29.8 Å². The zero-order valence-electron chi connectivity index (χ0n) is 8.77. The second kappa shape index (κ2) is 5.40. The Balaban J connectivity index is 2.75. The van der Waals surface area contributed by atoms with Crippen molar-refractivity contribution >= 4 is 0 Å². The van der Waals surface area contributed by atoms with Crippen molar-refractivity contribution in [2.75, 3.05) is 7.11 Å². The number of benzene rings is 1. The summed E-state index contributed by atoms with van der Waals surface area (Å²) in [5.41, 5.74) is 0.684. The van der Waals surface area contributed by atoms with Gasteiger partial charge in [-0.2, -0.15) is 0 Å². The molecule has 0 aliphatic heterocycles. The third-order valence-corrected chi connectivity index (χ3v) is 1.86. The Morgan fingerprint density at radius 2 is 1.73 bits per heavy atom. The summed E-state index contributed by atoms with van der Waals surface area (Å²) in [6.07, 6.45) is -1.59. The molecular formula is C12H14O3. The van der Waals surface area contributed by atoms with E-state index >= 15 is 0 Å². The lowest BCUT2D eigenvalue weighted by molar-refractivity contribution is 0.232. The van der Waals surface area contributed by atoms with Crippen LogP contribution in [0.3, 0.4) is 0 Å². The van der Waals surface area contributed by atoms with Gasteiger partial charge in [0.25, 0.3) is 0 Å². The molecule has 1 aromatic carbocycles. The van der Waals surface area contributed by atoms with Gasteiger partial charge in [0, 0.05) is 0 Å². The van der Waals surface area contributed by atoms with Crippen molar-refractivity contribution in [2.45, 2.75) is 19.1 Å². The van der Waals surface area contributed by atoms with Gasteiger partial charge in [0.15, 0.2) is 0 Å². The molecule has 2 unspecified atom stereocenters. The molecule has 0 aromatic heterocycles. The number of hydrogen-bond donors (Lipinski definition) is 2. The van der Waals surface area contributed by atoms with Crippen molar-refractivity contribution in [3.8, 4) is 17.6 Å². The van der Waals surface area contributed by atoms with Crippen LogP contribution in [0.2, 0.25) is 0 Å². The molecule has 2 N–H and O–H groups in total. The molecule has 0 amide bonds. The Kier molecular flexibility index (Phi) is 4.17. The first-order valence-electron chi connectivity index (χ1n) is 4.64.